The molecule has 0 heterocycles. The fraction of sp³-hybridized carbons (Fsp3) is 0.143. The van der Waals surface area contributed by atoms with Gasteiger partial charge in [-0.15, -0.1) is 0 Å². The van der Waals surface area contributed by atoms with Crippen molar-refractivity contribution in [2.75, 3.05) is 0 Å². The minimum Gasteiger partial charge on any atom is -0.206 e. The molecular weight excluding hydrogens is 112 g/mol. The van der Waals surface area contributed by atoms with Crippen LogP contribution >= 0.6 is 0 Å². The average Bonchev–Trinajstić information content (AvgIpc) is 1.89. The molecule has 0 amide bonds. The van der Waals surface area contributed by atoms with Crippen LogP contribution < -0.4 is 0 Å². The Labute approximate surface area is 54.5 Å². The molecule has 0 atom stereocenters. The predicted molar refractivity (Wildman–Crippen MR) is 36.7 cm³/mol. The van der Waals surface area contributed by atoms with Crippen molar-refractivity contribution < 1.29 is 0 Å². The van der Waals surface area contributed by atoms with Gasteiger partial charge in [-0.05, 0) is 13.0 Å². The molecule has 0 aliphatic heterocycles. The third kappa shape index (κ3) is 6.46. The van der Waals surface area contributed by atoms with Crippen LogP contribution in [0.15, 0.2) is 17.1 Å². The molecule has 0 aliphatic rings. The normalized spacial score (nSPS) is 8.89. The van der Waals surface area contributed by atoms with Crippen molar-refractivity contribution in [1.82, 2.24) is 0 Å². The highest BCUT2D eigenvalue weighted by Gasteiger charge is 1.58. The molecule has 0 bridgehead atoms. The van der Waals surface area contributed by atoms with Crippen molar-refractivity contribution in [3.05, 3.63) is 12.2 Å². The smallest absolute Gasteiger partial charge is 0.0912 e. The van der Waals surface area contributed by atoms with E-state index in [4.69, 9.17) is 5.26 Å². The Kier molecular flexibility index (Phi) is 5.35. The first-order chi connectivity index (χ1) is 4.41. The number of nitrogens with zero attached hydrogens (tertiary/aromatic N) is 2. The van der Waals surface area contributed by atoms with Gasteiger partial charge in [0.1, 0.15) is 0 Å². The van der Waals surface area contributed by atoms with Crippen molar-refractivity contribution in [3.63, 3.8) is 0 Å². The highest BCUT2D eigenvalue weighted by atomic mass is 14.6. The standard InChI is InChI=1S/C7H6N2/c1-2-6-9-7-4-3-5-8/h3-4,7H,1H3/b4-3+,9-7?. The van der Waals surface area contributed by atoms with E-state index in [1.165, 1.54) is 18.4 Å². The van der Waals surface area contributed by atoms with E-state index in [1.807, 2.05) is 6.07 Å². The number of aliphatic imine (C=N–C) groups is 1. The van der Waals surface area contributed by atoms with Gasteiger partial charge >= 0.3 is 0 Å². The molecule has 44 valence electrons. The summed E-state index contributed by atoms with van der Waals surface area (Å²) in [5, 5.41) is 7.99. The molecule has 0 saturated carbocycles. The third-order valence-corrected chi connectivity index (χ3v) is 0.508. The van der Waals surface area contributed by atoms with Gasteiger partial charge in [-0.1, -0.05) is 5.92 Å². The van der Waals surface area contributed by atoms with Gasteiger partial charge in [0, 0.05) is 18.3 Å². The summed E-state index contributed by atoms with van der Waals surface area (Å²) in [6.07, 6.45) is 4.34. The Hall–Kier alpha value is -1.54. The minimum absolute atomic E-state index is 1.33. The van der Waals surface area contributed by atoms with E-state index in [0.717, 1.165) is 0 Å². The quantitative estimate of drug-likeness (QED) is 0.288. The first kappa shape index (κ1) is 7.46. The van der Waals surface area contributed by atoms with Gasteiger partial charge in [0.05, 0.1) is 6.07 Å². The number of allylic oxidation sites excluding steroid dienone is 2. The van der Waals surface area contributed by atoms with Crippen LogP contribution in [-0.4, -0.2) is 6.21 Å². The summed E-state index contributed by atoms with van der Waals surface area (Å²) in [6, 6.07) is 4.29. The van der Waals surface area contributed by atoms with Gasteiger partial charge in [-0.3, -0.25) is 0 Å². The lowest BCUT2D eigenvalue weighted by Gasteiger charge is -1.63. The summed E-state index contributed by atoms with van der Waals surface area (Å²) in [5.41, 5.74) is 0. The van der Waals surface area contributed by atoms with E-state index in [2.05, 4.69) is 17.0 Å². The maximum atomic E-state index is 7.99. The monoisotopic (exact) mass is 118 g/mol. The van der Waals surface area contributed by atoms with Crippen molar-refractivity contribution >= 4 is 6.21 Å². The summed E-state index contributed by atoms with van der Waals surface area (Å²) in [6.45, 7) is 1.70. The molecule has 0 unspecified atom stereocenters. The van der Waals surface area contributed by atoms with Crippen molar-refractivity contribution in [2.45, 2.75) is 6.92 Å². The highest BCUT2D eigenvalue weighted by molar-refractivity contribution is 5.72. The Balaban J connectivity index is 3.59. The van der Waals surface area contributed by atoms with E-state index >= 15 is 0 Å². The maximum Gasteiger partial charge on any atom is 0.0912 e. The molecule has 0 N–H and O–H groups in total. The van der Waals surface area contributed by atoms with Crippen LogP contribution in [0.25, 0.3) is 0 Å². The van der Waals surface area contributed by atoms with Crippen LogP contribution in [0.2, 0.25) is 0 Å². The molecule has 0 saturated heterocycles. The molecule has 2 nitrogen and oxygen atoms in total. The van der Waals surface area contributed by atoms with Crippen LogP contribution in [0.1, 0.15) is 6.92 Å². The zero-order valence-corrected chi connectivity index (χ0v) is 5.13. The molecule has 0 spiro atoms. The van der Waals surface area contributed by atoms with Crippen LogP contribution in [0.4, 0.5) is 0 Å². The molecule has 2 heteroatoms. The van der Waals surface area contributed by atoms with Crippen molar-refractivity contribution in [2.24, 2.45) is 4.99 Å². The fourth-order valence-electron chi connectivity index (χ4n) is 0.231. The Morgan fingerprint density at radius 2 is 2.33 bits per heavy atom. The Morgan fingerprint density at radius 1 is 1.56 bits per heavy atom. The van der Waals surface area contributed by atoms with Crippen LogP contribution in [0.5, 0.6) is 0 Å². The van der Waals surface area contributed by atoms with E-state index in [-0.39, 0.29) is 0 Å². The third-order valence-electron chi connectivity index (χ3n) is 0.508. The predicted octanol–water partition coefficient (Wildman–Crippen LogP) is 1.12. The number of nitriles is 1. The van der Waals surface area contributed by atoms with E-state index in [9.17, 15) is 0 Å². The maximum absolute atomic E-state index is 7.99. The largest absolute Gasteiger partial charge is 0.206 e. The lowest BCUT2D eigenvalue weighted by Crippen LogP contribution is -1.59. The molecule has 0 radical (unpaired) electrons. The topological polar surface area (TPSA) is 36.1 Å². The summed E-state index contributed by atoms with van der Waals surface area (Å²) < 4.78 is 0. The van der Waals surface area contributed by atoms with Crippen LogP contribution in [-0.2, 0) is 0 Å². The zero-order valence-electron chi connectivity index (χ0n) is 5.13. The second kappa shape index (κ2) is 6.46. The molecule has 0 fully saturated rings. The lowest BCUT2D eigenvalue weighted by atomic mass is 10.5. The van der Waals surface area contributed by atoms with Gasteiger partial charge < -0.3 is 0 Å². The lowest BCUT2D eigenvalue weighted by molar-refractivity contribution is 1.53. The van der Waals surface area contributed by atoms with Crippen LogP contribution in [0, 0.1) is 23.3 Å². The second-order valence-corrected chi connectivity index (χ2v) is 1.13. The van der Waals surface area contributed by atoms with Gasteiger partial charge in [0.2, 0.25) is 0 Å². The summed E-state index contributed by atoms with van der Waals surface area (Å²) in [5.74, 6) is 2.58. The average molecular weight is 118 g/mol. The van der Waals surface area contributed by atoms with E-state index in [0.29, 0.717) is 0 Å². The molecule has 0 aromatic heterocycles. The fourth-order valence-corrected chi connectivity index (χ4v) is 0.231. The van der Waals surface area contributed by atoms with Crippen molar-refractivity contribution in [1.29, 1.82) is 5.26 Å². The van der Waals surface area contributed by atoms with Crippen LogP contribution in [0.3, 0.4) is 0 Å². The molecule has 9 heavy (non-hydrogen) atoms. The molecule has 0 aliphatic carbocycles. The number of hydrogen-bond donors (Lipinski definition) is 0. The highest BCUT2D eigenvalue weighted by Crippen LogP contribution is 1.64. The molecule has 0 aromatic carbocycles. The van der Waals surface area contributed by atoms with E-state index < -0.39 is 0 Å². The van der Waals surface area contributed by atoms with Gasteiger partial charge in [-0.2, -0.15) is 5.26 Å². The Bertz CT molecular complexity index is 207. The summed E-state index contributed by atoms with van der Waals surface area (Å²) in [4.78, 5) is 3.60. The zero-order chi connectivity index (χ0) is 6.95. The first-order valence-electron chi connectivity index (χ1n) is 2.41. The number of hydrogen-bond acceptors (Lipinski definition) is 2. The minimum atomic E-state index is 1.33. The van der Waals surface area contributed by atoms with Crippen molar-refractivity contribution in [3.8, 4) is 18.0 Å². The first-order valence-corrected chi connectivity index (χ1v) is 2.41. The Morgan fingerprint density at radius 3 is 2.89 bits per heavy atom. The van der Waals surface area contributed by atoms with E-state index in [1.54, 1.807) is 6.92 Å². The molecule has 0 rings (SSSR count). The van der Waals surface area contributed by atoms with Gasteiger partial charge in [-0.25, -0.2) is 4.99 Å². The SMILES string of the molecule is CC#CN=C/C=C/C#N. The molecular formula is C7H6N2. The molecule has 0 aromatic rings. The number of rotatable bonds is 1. The summed E-state index contributed by atoms with van der Waals surface area (Å²) >= 11 is 0. The van der Waals surface area contributed by atoms with Gasteiger partial charge in [0.25, 0.3) is 0 Å². The summed E-state index contributed by atoms with van der Waals surface area (Å²) in [7, 11) is 0. The van der Waals surface area contributed by atoms with Gasteiger partial charge in [0.15, 0.2) is 0 Å². The second-order valence-electron chi connectivity index (χ2n) is 1.13.